The second-order valence-corrected chi connectivity index (χ2v) is 7.03. The average molecular weight is 392 g/mol. The van der Waals surface area contributed by atoms with Gasteiger partial charge in [0.2, 0.25) is 11.9 Å². The lowest BCUT2D eigenvalue weighted by Gasteiger charge is -2.07. The van der Waals surface area contributed by atoms with Gasteiger partial charge in [0, 0.05) is 0 Å². The number of esters is 1. The van der Waals surface area contributed by atoms with Crippen LogP contribution in [0.4, 0.5) is 11.1 Å². The van der Waals surface area contributed by atoms with Crippen molar-refractivity contribution in [1.29, 1.82) is 0 Å². The van der Waals surface area contributed by atoms with Crippen LogP contribution >= 0.6 is 23.1 Å². The van der Waals surface area contributed by atoms with Crippen LogP contribution in [0.3, 0.4) is 0 Å². The number of rotatable bonds is 7. The molecule has 0 aliphatic heterocycles. The molecule has 0 fully saturated rings. The molecule has 11 heteroatoms. The molecule has 0 aliphatic rings. The number of fused-ring (bicyclic) bond motifs is 1. The number of carbonyl (C=O) groups is 2. The monoisotopic (exact) mass is 392 g/mol. The van der Waals surface area contributed by atoms with Gasteiger partial charge in [-0.1, -0.05) is 35.2 Å². The van der Waals surface area contributed by atoms with Gasteiger partial charge in [0.15, 0.2) is 10.3 Å². The number of anilines is 2. The number of benzene rings is 1. The van der Waals surface area contributed by atoms with E-state index in [4.69, 9.17) is 10.5 Å². The summed E-state index contributed by atoms with van der Waals surface area (Å²) in [6.45, 7) is 1.95. The van der Waals surface area contributed by atoms with Crippen molar-refractivity contribution in [2.24, 2.45) is 0 Å². The van der Waals surface area contributed by atoms with Crippen LogP contribution in [0.25, 0.3) is 10.2 Å². The zero-order valence-electron chi connectivity index (χ0n) is 13.8. The Morgan fingerprint density at radius 3 is 2.92 bits per heavy atom. The number of amides is 1. The van der Waals surface area contributed by atoms with E-state index in [1.54, 1.807) is 6.92 Å². The van der Waals surface area contributed by atoms with E-state index >= 15 is 0 Å². The van der Waals surface area contributed by atoms with E-state index < -0.39 is 0 Å². The van der Waals surface area contributed by atoms with E-state index in [2.05, 4.69) is 20.5 Å². The molecule has 0 radical (unpaired) electrons. The number of hydrogen-bond acceptors (Lipinski definition) is 9. The number of nitrogens with one attached hydrogen (secondary N) is 1. The average Bonchev–Trinajstić information content (AvgIpc) is 3.17. The number of nitrogens with two attached hydrogens (primary N) is 1. The second-order valence-electron chi connectivity index (χ2n) is 5.06. The van der Waals surface area contributed by atoms with E-state index in [-0.39, 0.29) is 30.1 Å². The van der Waals surface area contributed by atoms with Gasteiger partial charge in [0.05, 0.1) is 22.6 Å². The minimum absolute atomic E-state index is 0.0610. The highest BCUT2D eigenvalue weighted by Crippen LogP contribution is 2.25. The third-order valence-electron chi connectivity index (χ3n) is 3.21. The summed E-state index contributed by atoms with van der Waals surface area (Å²) in [5.74, 6) is -0.528. The summed E-state index contributed by atoms with van der Waals surface area (Å²) in [6, 6.07) is 7.61. The van der Waals surface area contributed by atoms with Crippen molar-refractivity contribution in [1.82, 2.24) is 19.7 Å². The number of nitrogens with zero attached hydrogens (tertiary/aromatic N) is 4. The fourth-order valence-electron chi connectivity index (χ4n) is 2.11. The molecule has 2 aromatic heterocycles. The van der Waals surface area contributed by atoms with Crippen molar-refractivity contribution in [3.63, 3.8) is 0 Å². The molecule has 0 bridgehead atoms. The number of carbonyl (C=O) groups excluding carboxylic acids is 2. The predicted octanol–water partition coefficient (Wildman–Crippen LogP) is 1.76. The molecule has 0 saturated carbocycles. The van der Waals surface area contributed by atoms with E-state index in [1.807, 2.05) is 24.3 Å². The van der Waals surface area contributed by atoms with Crippen LogP contribution in [0, 0.1) is 0 Å². The summed E-state index contributed by atoms with van der Waals surface area (Å²) in [6.07, 6.45) is 0. The molecule has 0 spiro atoms. The summed E-state index contributed by atoms with van der Waals surface area (Å²) in [7, 11) is 0. The van der Waals surface area contributed by atoms with Crippen LogP contribution in [0.15, 0.2) is 29.4 Å². The van der Waals surface area contributed by atoms with Crippen molar-refractivity contribution in [3.8, 4) is 0 Å². The number of thiazole rings is 1. The lowest BCUT2D eigenvalue weighted by Crippen LogP contribution is -2.20. The fraction of sp³-hybridized carbons (Fsp3) is 0.267. The lowest BCUT2D eigenvalue weighted by atomic mass is 10.3. The third-order valence-corrected chi connectivity index (χ3v) is 5.10. The summed E-state index contributed by atoms with van der Waals surface area (Å²) < 4.78 is 7.29. The van der Waals surface area contributed by atoms with Gasteiger partial charge in [0.25, 0.3) is 0 Å². The fourth-order valence-corrected chi connectivity index (χ4v) is 3.73. The number of para-hydroxylation sites is 1. The molecular weight excluding hydrogens is 376 g/mol. The standard InChI is InChI=1S/C15H16N6O3S2/c1-2-24-12(23)8-25-15-20-19-13(16)21(15)7-11(22)18-14-17-9-5-3-4-6-10(9)26-14/h3-6H,2,7-8H2,1H3,(H2,16,19)(H,17,18,22). The van der Waals surface area contributed by atoms with Gasteiger partial charge in [-0.25, -0.2) is 4.98 Å². The molecule has 26 heavy (non-hydrogen) atoms. The Hall–Kier alpha value is -2.66. The van der Waals surface area contributed by atoms with Crippen LogP contribution in [-0.4, -0.2) is 44.0 Å². The van der Waals surface area contributed by atoms with Crippen LogP contribution in [0.1, 0.15) is 6.92 Å². The van der Waals surface area contributed by atoms with Gasteiger partial charge < -0.3 is 15.8 Å². The van der Waals surface area contributed by atoms with Crippen LogP contribution in [0.5, 0.6) is 0 Å². The Labute approximate surface area is 156 Å². The Morgan fingerprint density at radius 2 is 2.15 bits per heavy atom. The van der Waals surface area contributed by atoms with E-state index in [1.165, 1.54) is 15.9 Å². The first-order chi connectivity index (χ1) is 12.6. The molecule has 1 aromatic carbocycles. The Morgan fingerprint density at radius 1 is 1.35 bits per heavy atom. The molecular formula is C15H16N6O3S2. The van der Waals surface area contributed by atoms with Crippen molar-refractivity contribution in [3.05, 3.63) is 24.3 Å². The van der Waals surface area contributed by atoms with Gasteiger partial charge in [-0.3, -0.25) is 14.2 Å². The SMILES string of the molecule is CCOC(=O)CSc1nnc(N)n1CC(=O)Nc1nc2ccccc2s1. The van der Waals surface area contributed by atoms with Crippen molar-refractivity contribution >= 4 is 56.3 Å². The van der Waals surface area contributed by atoms with Gasteiger partial charge in [-0.15, -0.1) is 10.2 Å². The molecule has 136 valence electrons. The lowest BCUT2D eigenvalue weighted by molar-refractivity contribution is -0.139. The van der Waals surface area contributed by atoms with Gasteiger partial charge >= 0.3 is 5.97 Å². The Bertz CT molecular complexity index is 906. The zero-order chi connectivity index (χ0) is 18.5. The maximum atomic E-state index is 12.3. The molecule has 0 unspecified atom stereocenters. The maximum absolute atomic E-state index is 12.3. The molecule has 0 atom stereocenters. The van der Waals surface area contributed by atoms with Crippen molar-refractivity contribution in [2.75, 3.05) is 23.4 Å². The van der Waals surface area contributed by atoms with Gasteiger partial charge in [-0.2, -0.15) is 0 Å². The molecule has 3 aromatic rings. The molecule has 0 saturated heterocycles. The number of thioether (sulfide) groups is 1. The molecule has 3 rings (SSSR count). The maximum Gasteiger partial charge on any atom is 0.316 e. The molecule has 9 nitrogen and oxygen atoms in total. The highest BCUT2D eigenvalue weighted by Gasteiger charge is 2.16. The third kappa shape index (κ3) is 4.29. The highest BCUT2D eigenvalue weighted by atomic mass is 32.2. The minimum atomic E-state index is -0.371. The van der Waals surface area contributed by atoms with E-state index in [9.17, 15) is 9.59 Å². The number of nitrogen functional groups attached to an aromatic ring is 1. The van der Waals surface area contributed by atoms with Crippen molar-refractivity contribution < 1.29 is 14.3 Å². The van der Waals surface area contributed by atoms with Gasteiger partial charge in [-0.05, 0) is 19.1 Å². The summed E-state index contributed by atoms with van der Waals surface area (Å²) in [4.78, 5) is 28.1. The number of aromatic nitrogens is 4. The van der Waals surface area contributed by atoms with E-state index in [0.717, 1.165) is 22.0 Å². The molecule has 2 heterocycles. The smallest absolute Gasteiger partial charge is 0.316 e. The molecule has 1 amide bonds. The topological polar surface area (TPSA) is 125 Å². The van der Waals surface area contributed by atoms with Crippen LogP contribution in [-0.2, 0) is 20.9 Å². The quantitative estimate of drug-likeness (QED) is 0.460. The Kier molecular flexibility index (Phi) is 5.68. The largest absolute Gasteiger partial charge is 0.465 e. The predicted molar refractivity (Wildman–Crippen MR) is 100 cm³/mol. The zero-order valence-corrected chi connectivity index (χ0v) is 15.5. The summed E-state index contributed by atoms with van der Waals surface area (Å²) >= 11 is 2.49. The number of hydrogen-bond donors (Lipinski definition) is 2. The number of ether oxygens (including phenoxy) is 1. The highest BCUT2D eigenvalue weighted by molar-refractivity contribution is 7.99. The molecule has 0 aliphatic carbocycles. The van der Waals surface area contributed by atoms with Crippen LogP contribution in [0.2, 0.25) is 0 Å². The Balaban J connectivity index is 1.65. The first-order valence-electron chi connectivity index (χ1n) is 7.69. The first-order valence-corrected chi connectivity index (χ1v) is 9.49. The summed E-state index contributed by atoms with van der Waals surface area (Å²) in [5.41, 5.74) is 6.60. The van der Waals surface area contributed by atoms with Crippen LogP contribution < -0.4 is 11.1 Å². The second kappa shape index (κ2) is 8.15. The van der Waals surface area contributed by atoms with E-state index in [0.29, 0.717) is 16.9 Å². The van der Waals surface area contributed by atoms with Gasteiger partial charge in [0.1, 0.15) is 6.54 Å². The molecule has 3 N–H and O–H groups in total. The normalized spacial score (nSPS) is 10.8. The minimum Gasteiger partial charge on any atom is -0.465 e. The van der Waals surface area contributed by atoms with Crippen molar-refractivity contribution in [2.45, 2.75) is 18.6 Å². The summed E-state index contributed by atoms with van der Waals surface area (Å²) in [5, 5.41) is 11.3. The first kappa shape index (κ1) is 18.1.